The van der Waals surface area contributed by atoms with Crippen molar-refractivity contribution in [1.82, 2.24) is 15.2 Å². The highest BCUT2D eigenvalue weighted by molar-refractivity contribution is 5.81. The number of anilines is 2. The van der Waals surface area contributed by atoms with Gasteiger partial charge in [-0.3, -0.25) is 9.69 Å². The van der Waals surface area contributed by atoms with Crippen molar-refractivity contribution in [3.05, 3.63) is 60.1 Å². The molecule has 2 N–H and O–H groups in total. The number of alkyl halides is 2. The minimum absolute atomic E-state index is 0.0540. The predicted molar refractivity (Wildman–Crippen MR) is 130 cm³/mol. The van der Waals surface area contributed by atoms with Crippen LogP contribution in [0.1, 0.15) is 44.2 Å². The van der Waals surface area contributed by atoms with Gasteiger partial charge in [-0.25, -0.2) is 13.8 Å². The Hall–Kier alpha value is -3.20. The van der Waals surface area contributed by atoms with Gasteiger partial charge in [0.25, 0.3) is 5.92 Å². The van der Waals surface area contributed by atoms with Crippen molar-refractivity contribution in [2.75, 3.05) is 25.1 Å². The van der Waals surface area contributed by atoms with Crippen LogP contribution >= 0.6 is 0 Å². The number of nitrogens with one attached hydrogen (secondary N) is 2. The molecule has 1 aromatic heterocycles. The predicted octanol–water partition coefficient (Wildman–Crippen LogP) is 4.85. The maximum absolute atomic E-state index is 13.2. The van der Waals surface area contributed by atoms with Gasteiger partial charge in [0.15, 0.2) is 6.61 Å². The molecule has 188 valence electrons. The van der Waals surface area contributed by atoms with Gasteiger partial charge in [-0.2, -0.15) is 0 Å². The van der Waals surface area contributed by atoms with E-state index in [-0.39, 0.29) is 17.8 Å². The number of amides is 1. The van der Waals surface area contributed by atoms with Gasteiger partial charge in [0.2, 0.25) is 11.8 Å². The number of aromatic nitrogens is 1. The quantitative estimate of drug-likeness (QED) is 0.583. The monoisotopic (exact) mass is 486 g/mol. The fourth-order valence-corrected chi connectivity index (χ4v) is 4.76. The van der Waals surface area contributed by atoms with E-state index in [0.717, 1.165) is 36.6 Å². The van der Waals surface area contributed by atoms with Crippen LogP contribution in [0, 0.1) is 6.92 Å². The molecule has 2 saturated heterocycles. The van der Waals surface area contributed by atoms with Crippen LogP contribution in [0.3, 0.4) is 0 Å². The van der Waals surface area contributed by atoms with Gasteiger partial charge >= 0.3 is 0 Å². The van der Waals surface area contributed by atoms with E-state index < -0.39 is 18.1 Å². The summed E-state index contributed by atoms with van der Waals surface area (Å²) in [4.78, 5) is 19.1. The second-order valence-electron chi connectivity index (χ2n) is 9.53. The summed E-state index contributed by atoms with van der Waals surface area (Å²) in [7, 11) is 0. The number of halogens is 2. The standard InChI is InChI=1S/C26H32F2N4O3/c1-17-21(25(3)14-24(33)32(18(2)31-25)20-10-12-34-13-11-20)6-5-7-22(17)30-19-8-9-23(29-15-19)35-16-26(4,27)28/h5-9,15,20,30-31H,2,10-14,16H2,1,3-4H3/t25-/m0/s1. The van der Waals surface area contributed by atoms with Gasteiger partial charge in [-0.05, 0) is 49.9 Å². The molecule has 9 heteroatoms. The first-order valence-electron chi connectivity index (χ1n) is 11.8. The van der Waals surface area contributed by atoms with Gasteiger partial charge in [0.1, 0.15) is 5.82 Å². The molecule has 4 rings (SSSR count). The summed E-state index contributed by atoms with van der Waals surface area (Å²) in [6.07, 6.45) is 3.46. The third kappa shape index (κ3) is 5.73. The number of carbonyl (C=O) groups is 1. The Morgan fingerprint density at radius 2 is 2.06 bits per heavy atom. The number of nitrogens with zero attached hydrogens (tertiary/aromatic N) is 2. The minimum atomic E-state index is -2.92. The lowest BCUT2D eigenvalue weighted by atomic mass is 9.82. The molecule has 0 bridgehead atoms. The fraction of sp³-hybridized carbons (Fsp3) is 0.462. The Morgan fingerprint density at radius 3 is 2.69 bits per heavy atom. The summed E-state index contributed by atoms with van der Waals surface area (Å²) < 4.78 is 36.5. The third-order valence-electron chi connectivity index (χ3n) is 6.46. The van der Waals surface area contributed by atoms with E-state index in [0.29, 0.717) is 31.1 Å². The molecule has 1 amide bonds. The highest BCUT2D eigenvalue weighted by atomic mass is 19.3. The summed E-state index contributed by atoms with van der Waals surface area (Å²) in [6.45, 7) is 9.56. The first-order chi connectivity index (χ1) is 16.6. The van der Waals surface area contributed by atoms with E-state index in [1.807, 2.05) is 32.0 Å². The topological polar surface area (TPSA) is 75.7 Å². The zero-order valence-corrected chi connectivity index (χ0v) is 20.4. The summed E-state index contributed by atoms with van der Waals surface area (Å²) in [5.74, 6) is -2.12. The fourth-order valence-electron chi connectivity index (χ4n) is 4.76. The Labute approximate surface area is 204 Å². The van der Waals surface area contributed by atoms with Crippen molar-refractivity contribution >= 4 is 17.3 Å². The van der Waals surface area contributed by atoms with Crippen molar-refractivity contribution in [3.63, 3.8) is 0 Å². The van der Waals surface area contributed by atoms with Crippen LogP contribution in [0.15, 0.2) is 48.9 Å². The lowest BCUT2D eigenvalue weighted by molar-refractivity contribution is -0.137. The maximum atomic E-state index is 13.2. The number of benzene rings is 1. The van der Waals surface area contributed by atoms with E-state index in [2.05, 4.69) is 22.2 Å². The second-order valence-corrected chi connectivity index (χ2v) is 9.53. The number of hydrogen-bond donors (Lipinski definition) is 2. The molecule has 7 nitrogen and oxygen atoms in total. The lowest BCUT2D eigenvalue weighted by Gasteiger charge is -2.46. The number of pyridine rings is 1. The van der Waals surface area contributed by atoms with Gasteiger partial charge < -0.3 is 20.1 Å². The molecule has 0 saturated carbocycles. The van der Waals surface area contributed by atoms with Gasteiger partial charge in [0, 0.05) is 37.9 Å². The van der Waals surface area contributed by atoms with Crippen LogP contribution < -0.4 is 15.4 Å². The van der Waals surface area contributed by atoms with Crippen molar-refractivity contribution in [1.29, 1.82) is 0 Å². The largest absolute Gasteiger partial charge is 0.471 e. The molecule has 2 aromatic rings. The summed E-state index contributed by atoms with van der Waals surface area (Å²) in [6, 6.07) is 9.27. The molecular formula is C26H32F2N4O3. The Bertz CT molecular complexity index is 1060. The van der Waals surface area contributed by atoms with E-state index in [1.165, 1.54) is 6.20 Å². The number of rotatable bonds is 7. The highest BCUT2D eigenvalue weighted by Gasteiger charge is 2.42. The molecule has 2 aliphatic heterocycles. The number of ether oxygens (including phenoxy) is 2. The van der Waals surface area contributed by atoms with Crippen LogP contribution in [0.25, 0.3) is 0 Å². The van der Waals surface area contributed by atoms with Gasteiger partial charge in [-0.1, -0.05) is 18.7 Å². The van der Waals surface area contributed by atoms with Crippen LogP contribution in [0.5, 0.6) is 5.88 Å². The SMILES string of the molecule is C=C1N[C@](C)(c2cccc(Nc3ccc(OCC(C)(F)F)nc3)c2C)CC(=O)N1C1CCOCC1. The Kier molecular flexibility index (Phi) is 6.98. The normalized spacial score (nSPS) is 21.6. The van der Waals surface area contributed by atoms with Crippen molar-refractivity contribution in [3.8, 4) is 5.88 Å². The summed E-state index contributed by atoms with van der Waals surface area (Å²) in [5.41, 5.74) is 2.90. The van der Waals surface area contributed by atoms with E-state index in [9.17, 15) is 13.6 Å². The molecule has 35 heavy (non-hydrogen) atoms. The molecule has 3 heterocycles. The number of carbonyl (C=O) groups excluding carboxylic acids is 1. The van der Waals surface area contributed by atoms with Crippen LogP contribution in [-0.2, 0) is 15.1 Å². The van der Waals surface area contributed by atoms with Crippen LogP contribution in [0.2, 0.25) is 0 Å². The van der Waals surface area contributed by atoms with Crippen LogP contribution in [0.4, 0.5) is 20.2 Å². The molecule has 0 radical (unpaired) electrons. The first kappa shape index (κ1) is 24.9. The van der Waals surface area contributed by atoms with Crippen LogP contribution in [-0.4, -0.2) is 47.6 Å². The van der Waals surface area contributed by atoms with Crippen molar-refractivity contribution < 1.29 is 23.0 Å². The third-order valence-corrected chi connectivity index (χ3v) is 6.46. The van der Waals surface area contributed by atoms with Crippen molar-refractivity contribution in [2.45, 2.75) is 57.5 Å². The smallest absolute Gasteiger partial charge is 0.278 e. The molecule has 0 spiro atoms. The molecular weight excluding hydrogens is 454 g/mol. The first-order valence-corrected chi connectivity index (χ1v) is 11.8. The highest BCUT2D eigenvalue weighted by Crippen LogP contribution is 2.37. The molecule has 1 atom stereocenters. The number of hydrogen-bond acceptors (Lipinski definition) is 6. The molecule has 0 unspecified atom stereocenters. The van der Waals surface area contributed by atoms with E-state index in [1.54, 1.807) is 17.0 Å². The maximum Gasteiger partial charge on any atom is 0.278 e. The summed E-state index contributed by atoms with van der Waals surface area (Å²) in [5, 5.41) is 6.83. The summed E-state index contributed by atoms with van der Waals surface area (Å²) >= 11 is 0. The van der Waals surface area contributed by atoms with Gasteiger partial charge in [-0.15, -0.1) is 0 Å². The average Bonchev–Trinajstić information content (AvgIpc) is 2.79. The lowest BCUT2D eigenvalue weighted by Crippen LogP contribution is -2.57. The van der Waals surface area contributed by atoms with E-state index >= 15 is 0 Å². The molecule has 2 fully saturated rings. The molecule has 1 aromatic carbocycles. The molecule has 2 aliphatic rings. The van der Waals surface area contributed by atoms with Crippen molar-refractivity contribution in [2.24, 2.45) is 0 Å². The average molecular weight is 487 g/mol. The van der Waals surface area contributed by atoms with Gasteiger partial charge in [0.05, 0.1) is 23.8 Å². The zero-order valence-electron chi connectivity index (χ0n) is 20.4. The molecule has 0 aliphatic carbocycles. The minimum Gasteiger partial charge on any atom is -0.471 e. The Morgan fingerprint density at radius 1 is 1.31 bits per heavy atom. The zero-order chi connectivity index (χ0) is 25.2. The second kappa shape index (κ2) is 9.81. The Balaban J connectivity index is 1.49. The van der Waals surface area contributed by atoms with E-state index in [4.69, 9.17) is 9.47 Å².